The van der Waals surface area contributed by atoms with Gasteiger partial charge in [0.15, 0.2) is 0 Å². The summed E-state index contributed by atoms with van der Waals surface area (Å²) in [5.74, 6) is -1.63. The number of hydrogen-bond donors (Lipinski definition) is 2. The van der Waals surface area contributed by atoms with E-state index < -0.39 is 22.8 Å². The molecule has 2 unspecified atom stereocenters. The number of halogens is 2. The minimum absolute atomic E-state index is 0.188. The number of aliphatic carboxylic acids is 1. The molecule has 2 atom stereocenters. The molecule has 1 fully saturated rings. The van der Waals surface area contributed by atoms with E-state index in [1.165, 1.54) is 6.07 Å². The Morgan fingerprint density at radius 2 is 2.14 bits per heavy atom. The Morgan fingerprint density at radius 1 is 1.50 bits per heavy atom. The van der Waals surface area contributed by atoms with E-state index in [0.717, 1.165) is 11.3 Å². The third-order valence-corrected chi connectivity index (χ3v) is 5.85. The summed E-state index contributed by atoms with van der Waals surface area (Å²) >= 11 is 12.9. The van der Waals surface area contributed by atoms with Crippen LogP contribution in [0.25, 0.3) is 0 Å². The van der Waals surface area contributed by atoms with Gasteiger partial charge in [-0.1, -0.05) is 37.0 Å². The Kier molecular flexibility index (Phi) is 4.78. The van der Waals surface area contributed by atoms with Crippen molar-refractivity contribution in [1.29, 1.82) is 0 Å². The van der Waals surface area contributed by atoms with Crippen molar-refractivity contribution in [3.05, 3.63) is 20.3 Å². The molecule has 5 nitrogen and oxygen atoms in total. The van der Waals surface area contributed by atoms with Gasteiger partial charge in [-0.25, -0.2) is 4.79 Å². The monoisotopic (exact) mass is 365 g/mol. The molecule has 122 valence electrons. The van der Waals surface area contributed by atoms with Crippen LogP contribution in [0.5, 0.6) is 0 Å². The van der Waals surface area contributed by atoms with Gasteiger partial charge in [0.05, 0.1) is 16.0 Å². The molecule has 0 saturated heterocycles. The highest BCUT2D eigenvalue weighted by atomic mass is 35.5. The molecule has 0 aromatic carbocycles. The molecule has 1 saturated carbocycles. The largest absolute Gasteiger partial charge is 0.479 e. The van der Waals surface area contributed by atoms with Gasteiger partial charge in [0.1, 0.15) is 9.88 Å². The topological polar surface area (TPSA) is 75.6 Å². The smallest absolute Gasteiger partial charge is 0.330 e. The number of ether oxygens (including phenoxy) is 1. The van der Waals surface area contributed by atoms with Gasteiger partial charge >= 0.3 is 5.97 Å². The van der Waals surface area contributed by atoms with E-state index in [4.69, 9.17) is 27.9 Å². The molecule has 0 bridgehead atoms. The van der Waals surface area contributed by atoms with Gasteiger partial charge in [-0.2, -0.15) is 0 Å². The lowest BCUT2D eigenvalue weighted by molar-refractivity contribution is -0.190. The molecule has 1 amide bonds. The van der Waals surface area contributed by atoms with Gasteiger partial charge in [0.25, 0.3) is 5.91 Å². The second-order valence-electron chi connectivity index (χ2n) is 5.77. The molecule has 2 rings (SSSR count). The normalized spacial score (nSPS) is 26.3. The molecule has 1 aromatic rings. The zero-order valence-corrected chi connectivity index (χ0v) is 14.7. The summed E-state index contributed by atoms with van der Waals surface area (Å²) in [5, 5.41) is 12.3. The molecular formula is C14H17Cl2NO4S. The fourth-order valence-electron chi connectivity index (χ4n) is 2.79. The first-order chi connectivity index (χ1) is 10.2. The molecule has 2 N–H and O–H groups in total. The fraction of sp³-hybridized carbons (Fsp3) is 0.571. The maximum atomic E-state index is 12.4. The second kappa shape index (κ2) is 6.00. The molecule has 0 radical (unpaired) electrons. The highest BCUT2D eigenvalue weighted by Crippen LogP contribution is 2.51. The maximum Gasteiger partial charge on any atom is 0.330 e. The Morgan fingerprint density at radius 3 is 2.55 bits per heavy atom. The van der Waals surface area contributed by atoms with Crippen LogP contribution in [-0.4, -0.2) is 35.2 Å². The van der Waals surface area contributed by atoms with Crippen molar-refractivity contribution in [3.8, 4) is 0 Å². The minimum Gasteiger partial charge on any atom is -0.479 e. The van der Waals surface area contributed by atoms with Crippen molar-refractivity contribution < 1.29 is 19.4 Å². The van der Waals surface area contributed by atoms with Gasteiger partial charge in [-0.05, 0) is 13.0 Å². The van der Waals surface area contributed by atoms with Crippen LogP contribution in [0, 0.1) is 5.41 Å². The Labute approximate surface area is 142 Å². The third kappa shape index (κ3) is 2.62. The lowest BCUT2D eigenvalue weighted by Crippen LogP contribution is -2.76. The van der Waals surface area contributed by atoms with E-state index in [1.807, 2.05) is 6.92 Å². The van der Waals surface area contributed by atoms with Crippen LogP contribution in [0.3, 0.4) is 0 Å². The summed E-state index contributed by atoms with van der Waals surface area (Å²) < 4.78 is 6.17. The lowest BCUT2D eigenvalue weighted by Gasteiger charge is -2.58. The number of hydrogen-bond acceptors (Lipinski definition) is 4. The molecule has 22 heavy (non-hydrogen) atoms. The molecule has 1 aromatic heterocycles. The van der Waals surface area contributed by atoms with Crippen LogP contribution in [0.4, 0.5) is 0 Å². The standard InChI is InChI=1S/C14H17Cl2NO4S/c1-4-21-8-6-14(12(19)20,13(8,2)3)17-11(18)7-5-9(15)22-10(7)16/h5,8H,4,6H2,1-3H3,(H,17,18)(H,19,20). The van der Waals surface area contributed by atoms with Crippen molar-refractivity contribution in [3.63, 3.8) is 0 Å². The summed E-state index contributed by atoms with van der Waals surface area (Å²) in [4.78, 5) is 24.2. The number of amides is 1. The molecule has 8 heteroatoms. The van der Waals surface area contributed by atoms with Gasteiger partial charge in [-0.15, -0.1) is 11.3 Å². The first kappa shape index (κ1) is 17.5. The van der Waals surface area contributed by atoms with E-state index >= 15 is 0 Å². The predicted octanol–water partition coefficient (Wildman–Crippen LogP) is 3.44. The number of carboxylic acids is 1. The van der Waals surface area contributed by atoms with E-state index in [-0.39, 0.29) is 22.4 Å². The number of carbonyl (C=O) groups is 2. The number of thiophene rings is 1. The van der Waals surface area contributed by atoms with E-state index in [1.54, 1.807) is 13.8 Å². The highest BCUT2D eigenvalue weighted by molar-refractivity contribution is 7.20. The van der Waals surface area contributed by atoms with Gasteiger partial charge in [0, 0.05) is 18.4 Å². The summed E-state index contributed by atoms with van der Waals surface area (Å²) in [7, 11) is 0. The molecular weight excluding hydrogens is 349 g/mol. The summed E-state index contributed by atoms with van der Waals surface area (Å²) in [6.07, 6.45) is -0.0137. The van der Waals surface area contributed by atoms with Crippen molar-refractivity contribution in [1.82, 2.24) is 5.32 Å². The molecule has 0 spiro atoms. The number of nitrogens with one attached hydrogen (secondary N) is 1. The van der Waals surface area contributed by atoms with Crippen molar-refractivity contribution in [2.75, 3.05) is 6.61 Å². The van der Waals surface area contributed by atoms with Crippen LogP contribution in [0.1, 0.15) is 37.6 Å². The van der Waals surface area contributed by atoms with Crippen molar-refractivity contribution in [2.45, 2.75) is 38.8 Å². The number of carboxylic acid groups (broad SMARTS) is 1. The predicted molar refractivity (Wildman–Crippen MR) is 86.0 cm³/mol. The van der Waals surface area contributed by atoms with Gasteiger partial charge in [-0.3, -0.25) is 4.79 Å². The van der Waals surface area contributed by atoms with Crippen LogP contribution < -0.4 is 5.32 Å². The molecule has 1 heterocycles. The molecule has 1 aliphatic carbocycles. The van der Waals surface area contributed by atoms with Crippen LogP contribution in [0.2, 0.25) is 8.67 Å². The molecule has 1 aliphatic rings. The van der Waals surface area contributed by atoms with Crippen LogP contribution >= 0.6 is 34.5 Å². The van der Waals surface area contributed by atoms with E-state index in [2.05, 4.69) is 5.32 Å². The highest BCUT2D eigenvalue weighted by Gasteiger charge is 2.66. The molecule has 0 aliphatic heterocycles. The second-order valence-corrected chi connectivity index (χ2v) is 8.06. The Balaban J connectivity index is 2.26. The summed E-state index contributed by atoms with van der Waals surface area (Å²) in [6.45, 7) is 5.88. The van der Waals surface area contributed by atoms with E-state index in [0.29, 0.717) is 10.9 Å². The quantitative estimate of drug-likeness (QED) is 0.837. The summed E-state index contributed by atoms with van der Waals surface area (Å²) in [6, 6.07) is 1.44. The first-order valence-corrected chi connectivity index (χ1v) is 8.35. The summed E-state index contributed by atoms with van der Waals surface area (Å²) in [5.41, 5.74) is -1.94. The zero-order chi connectivity index (χ0) is 16.7. The van der Waals surface area contributed by atoms with Gasteiger partial charge < -0.3 is 15.2 Å². The first-order valence-electron chi connectivity index (χ1n) is 6.78. The van der Waals surface area contributed by atoms with Crippen LogP contribution in [-0.2, 0) is 9.53 Å². The average Bonchev–Trinajstić information content (AvgIpc) is 2.75. The zero-order valence-electron chi connectivity index (χ0n) is 12.4. The number of rotatable bonds is 5. The van der Waals surface area contributed by atoms with E-state index in [9.17, 15) is 14.7 Å². The minimum atomic E-state index is -1.39. The fourth-order valence-corrected chi connectivity index (χ4v) is 4.25. The van der Waals surface area contributed by atoms with Crippen molar-refractivity contribution >= 4 is 46.4 Å². The Hall–Kier alpha value is -0.820. The SMILES string of the molecule is CCOC1CC(NC(=O)c2cc(Cl)sc2Cl)(C(=O)O)C1(C)C. The average molecular weight is 366 g/mol. The maximum absolute atomic E-state index is 12.4. The third-order valence-electron chi connectivity index (χ3n) is 4.36. The van der Waals surface area contributed by atoms with Gasteiger partial charge in [0.2, 0.25) is 0 Å². The Bertz CT molecular complexity index is 616. The van der Waals surface area contributed by atoms with Crippen LogP contribution in [0.15, 0.2) is 6.07 Å². The van der Waals surface area contributed by atoms with Crippen molar-refractivity contribution in [2.24, 2.45) is 5.41 Å². The lowest BCUT2D eigenvalue weighted by atomic mass is 9.54. The number of carbonyl (C=O) groups excluding carboxylic acids is 1.